The van der Waals surface area contributed by atoms with E-state index in [4.69, 9.17) is 21.2 Å². The number of nitrogens with two attached hydrogens (primary N) is 2. The lowest BCUT2D eigenvalue weighted by atomic mass is 9.34. The third kappa shape index (κ3) is 2.80. The van der Waals surface area contributed by atoms with Gasteiger partial charge in [0, 0.05) is 36.4 Å². The smallest absolute Gasteiger partial charge is 0.394 e. The Morgan fingerprint density at radius 1 is 1.12 bits per heavy atom. The normalized spacial score (nSPS) is 36.2. The van der Waals surface area contributed by atoms with Gasteiger partial charge in [0.25, 0.3) is 0 Å². The summed E-state index contributed by atoms with van der Waals surface area (Å²) in [4.78, 5) is 9.23. The van der Waals surface area contributed by atoms with Crippen LogP contribution in [0.15, 0.2) is 12.3 Å². The van der Waals surface area contributed by atoms with Crippen LogP contribution in [-0.2, 0) is 23.1 Å². The number of halogens is 3. The molecule has 4 N–H and O–H groups in total. The number of rotatable bonds is 3. The highest BCUT2D eigenvalue weighted by Crippen LogP contribution is 2.78. The molecule has 3 atom stereocenters. The number of hydrogen-bond acceptors (Lipinski definition) is 6. The maximum Gasteiger partial charge on any atom is 0.394 e. The molecule has 3 aliphatic carbocycles. The van der Waals surface area contributed by atoms with E-state index in [-0.39, 0.29) is 42.8 Å². The van der Waals surface area contributed by atoms with Gasteiger partial charge < -0.3 is 16.2 Å². The number of nitrogens with zero attached hydrogens (tertiary/aromatic N) is 4. The summed E-state index contributed by atoms with van der Waals surface area (Å²) in [6, 6.07) is 2.06. The van der Waals surface area contributed by atoms with E-state index in [0.717, 1.165) is 32.2 Å². The molecule has 7 rings (SSSR count). The molecule has 172 valence electrons. The van der Waals surface area contributed by atoms with Crippen LogP contribution in [0.25, 0.3) is 0 Å². The maximum atomic E-state index is 13.3. The molecule has 2 bridgehead atoms. The third-order valence-electron chi connectivity index (χ3n) is 8.32. The second-order valence-electron chi connectivity index (χ2n) is 10.2. The van der Waals surface area contributed by atoms with Crippen molar-refractivity contribution in [2.75, 3.05) is 18.1 Å². The summed E-state index contributed by atoms with van der Waals surface area (Å²) in [6.07, 6.45) is 1.38. The molecule has 4 fully saturated rings. The van der Waals surface area contributed by atoms with Gasteiger partial charge in [0.2, 0.25) is 0 Å². The van der Waals surface area contributed by atoms with Crippen LogP contribution in [0.5, 0.6) is 0 Å². The van der Waals surface area contributed by atoms with Crippen LogP contribution in [0, 0.1) is 11.3 Å². The SMILES string of the molecule is Nc1nc(C2CCOC(C3CCn4nccc4C3)C2)nc(C23CC(C(F)(F)F)(C2)C3)c1N. The Hall–Kier alpha value is -2.36. The summed E-state index contributed by atoms with van der Waals surface area (Å²) in [5.41, 5.74) is 12.1. The molecular weight excluding hydrogens is 421 g/mol. The highest BCUT2D eigenvalue weighted by atomic mass is 19.4. The second kappa shape index (κ2) is 6.59. The molecule has 0 spiro atoms. The van der Waals surface area contributed by atoms with Crippen LogP contribution in [0.3, 0.4) is 0 Å². The molecule has 0 radical (unpaired) electrons. The lowest BCUT2D eigenvalue weighted by molar-refractivity contribution is -0.337. The zero-order valence-electron chi connectivity index (χ0n) is 17.7. The number of ether oxygens (including phenoxy) is 1. The molecule has 32 heavy (non-hydrogen) atoms. The number of anilines is 2. The van der Waals surface area contributed by atoms with Crippen LogP contribution >= 0.6 is 0 Å². The Morgan fingerprint density at radius 2 is 1.91 bits per heavy atom. The van der Waals surface area contributed by atoms with Gasteiger partial charge in [-0.25, -0.2) is 9.97 Å². The fourth-order valence-corrected chi connectivity index (χ4v) is 6.53. The lowest BCUT2D eigenvalue weighted by Crippen LogP contribution is -2.70. The summed E-state index contributed by atoms with van der Waals surface area (Å²) in [7, 11) is 0. The molecule has 5 aliphatic rings. The Labute approximate surface area is 183 Å². The molecule has 10 heteroatoms. The number of alkyl halides is 3. The standard InChI is InChI=1S/C22H27F3N6O/c23-22(24,25)21-9-20(10-21,11-21)17-16(26)18(27)30-19(29-17)13-3-6-32-15(8-13)12-2-5-31-14(7-12)1-4-28-31/h1,4,12-13,15H,2-3,5-11,26H2,(H2,27,29,30). The summed E-state index contributed by atoms with van der Waals surface area (Å²) >= 11 is 0. The molecule has 3 saturated carbocycles. The third-order valence-corrected chi connectivity index (χ3v) is 8.32. The number of nitrogen functional groups attached to an aromatic ring is 2. The Balaban J connectivity index is 1.22. The van der Waals surface area contributed by atoms with Gasteiger partial charge in [0.05, 0.1) is 22.9 Å². The molecule has 3 unspecified atom stereocenters. The minimum absolute atomic E-state index is 0.0513. The van der Waals surface area contributed by atoms with Crippen LogP contribution in [0.1, 0.15) is 61.7 Å². The summed E-state index contributed by atoms with van der Waals surface area (Å²) in [6.45, 7) is 1.49. The first-order valence-electron chi connectivity index (χ1n) is 11.3. The van der Waals surface area contributed by atoms with Gasteiger partial charge in [-0.15, -0.1) is 0 Å². The highest BCUT2D eigenvalue weighted by molar-refractivity contribution is 5.65. The van der Waals surface area contributed by atoms with E-state index in [9.17, 15) is 13.2 Å². The summed E-state index contributed by atoms with van der Waals surface area (Å²) in [5, 5.41) is 4.35. The van der Waals surface area contributed by atoms with Gasteiger partial charge in [-0.05, 0) is 56.9 Å². The highest BCUT2D eigenvalue weighted by Gasteiger charge is 2.79. The van der Waals surface area contributed by atoms with Crippen molar-refractivity contribution in [3.05, 3.63) is 29.5 Å². The first-order chi connectivity index (χ1) is 15.2. The first-order valence-corrected chi connectivity index (χ1v) is 11.3. The molecule has 2 aliphatic heterocycles. The predicted octanol–water partition coefficient (Wildman–Crippen LogP) is 3.35. The van der Waals surface area contributed by atoms with E-state index in [1.165, 1.54) is 5.69 Å². The van der Waals surface area contributed by atoms with E-state index in [1.54, 1.807) is 0 Å². The van der Waals surface area contributed by atoms with E-state index >= 15 is 0 Å². The van der Waals surface area contributed by atoms with Crippen molar-refractivity contribution in [3.63, 3.8) is 0 Å². The van der Waals surface area contributed by atoms with Gasteiger partial charge >= 0.3 is 6.18 Å². The molecule has 4 heterocycles. The van der Waals surface area contributed by atoms with Gasteiger partial charge in [-0.2, -0.15) is 18.3 Å². The number of aromatic nitrogens is 4. The molecule has 0 aromatic carbocycles. The van der Waals surface area contributed by atoms with Crippen LogP contribution in [0.4, 0.5) is 24.7 Å². The average Bonchev–Trinajstić information content (AvgIpc) is 3.16. The van der Waals surface area contributed by atoms with Crippen LogP contribution in [-0.4, -0.2) is 38.6 Å². The van der Waals surface area contributed by atoms with E-state index in [0.29, 0.717) is 24.0 Å². The van der Waals surface area contributed by atoms with Crippen molar-refractivity contribution < 1.29 is 17.9 Å². The second-order valence-corrected chi connectivity index (χ2v) is 10.2. The van der Waals surface area contributed by atoms with E-state index in [1.807, 2.05) is 10.9 Å². The summed E-state index contributed by atoms with van der Waals surface area (Å²) < 4.78 is 48.2. The first kappa shape index (κ1) is 20.3. The quantitative estimate of drug-likeness (QED) is 0.746. The van der Waals surface area contributed by atoms with Crippen molar-refractivity contribution in [2.24, 2.45) is 11.3 Å². The number of aryl methyl sites for hydroxylation is 1. The maximum absolute atomic E-state index is 13.3. The zero-order chi connectivity index (χ0) is 22.3. The van der Waals surface area contributed by atoms with Crippen LogP contribution < -0.4 is 11.5 Å². The minimum Gasteiger partial charge on any atom is -0.394 e. The van der Waals surface area contributed by atoms with Crippen molar-refractivity contribution in [2.45, 2.75) is 75.1 Å². The molecule has 2 aromatic rings. The van der Waals surface area contributed by atoms with Gasteiger partial charge in [0.15, 0.2) is 5.82 Å². The van der Waals surface area contributed by atoms with Crippen molar-refractivity contribution in [1.82, 2.24) is 19.7 Å². The molecule has 1 saturated heterocycles. The topological polar surface area (TPSA) is 105 Å². The molecule has 7 nitrogen and oxygen atoms in total. The van der Waals surface area contributed by atoms with E-state index < -0.39 is 17.0 Å². The lowest BCUT2D eigenvalue weighted by Gasteiger charge is -2.70. The summed E-state index contributed by atoms with van der Waals surface area (Å²) in [5.74, 6) is 1.25. The monoisotopic (exact) mass is 448 g/mol. The molecule has 2 aromatic heterocycles. The fourth-order valence-electron chi connectivity index (χ4n) is 6.53. The zero-order valence-corrected chi connectivity index (χ0v) is 17.7. The average molecular weight is 448 g/mol. The van der Waals surface area contributed by atoms with Gasteiger partial charge in [0.1, 0.15) is 5.82 Å². The van der Waals surface area contributed by atoms with Crippen LogP contribution in [0.2, 0.25) is 0 Å². The number of fused-ring (bicyclic) bond motifs is 1. The minimum atomic E-state index is -4.17. The van der Waals surface area contributed by atoms with E-state index in [2.05, 4.69) is 16.1 Å². The van der Waals surface area contributed by atoms with Gasteiger partial charge in [-0.3, -0.25) is 4.68 Å². The van der Waals surface area contributed by atoms with Crippen molar-refractivity contribution in [1.29, 1.82) is 0 Å². The van der Waals surface area contributed by atoms with Crippen molar-refractivity contribution in [3.8, 4) is 0 Å². The Morgan fingerprint density at radius 3 is 2.66 bits per heavy atom. The number of hydrogen-bond donors (Lipinski definition) is 2. The largest absolute Gasteiger partial charge is 0.394 e. The Bertz CT molecular complexity index is 1050. The molecular formula is C22H27F3N6O. The van der Waals surface area contributed by atoms with Crippen molar-refractivity contribution >= 4 is 11.5 Å². The Kier molecular flexibility index (Phi) is 4.17. The van der Waals surface area contributed by atoms with Gasteiger partial charge in [-0.1, -0.05) is 0 Å². The predicted molar refractivity (Wildman–Crippen MR) is 111 cm³/mol. The molecule has 0 amide bonds. The fraction of sp³-hybridized carbons (Fsp3) is 0.682.